The molecule has 5 heteroatoms. The molecule has 0 aliphatic carbocycles. The van der Waals surface area contributed by atoms with Crippen LogP contribution in [0.2, 0.25) is 17.3 Å². The second kappa shape index (κ2) is 14.7. The zero-order valence-electron chi connectivity index (χ0n) is 27.0. The van der Waals surface area contributed by atoms with Gasteiger partial charge >= 0.3 is 126 Å². The first kappa shape index (κ1) is 33.5. The van der Waals surface area contributed by atoms with Crippen molar-refractivity contribution in [2.45, 2.75) is 37.5 Å². The van der Waals surface area contributed by atoms with Crippen molar-refractivity contribution in [1.82, 2.24) is 9.97 Å². The summed E-state index contributed by atoms with van der Waals surface area (Å²) in [6.45, 7) is 4.57. The number of nitrogens with zero attached hydrogens (tertiary/aromatic N) is 2. The van der Waals surface area contributed by atoms with Crippen LogP contribution in [0.5, 0.6) is 0 Å². The first-order valence-electron chi connectivity index (χ1n) is 15.6. The van der Waals surface area contributed by atoms with Gasteiger partial charge in [0.05, 0.1) is 5.58 Å². The van der Waals surface area contributed by atoms with Gasteiger partial charge in [-0.25, -0.2) is 0 Å². The number of benzene rings is 4. The number of fused-ring (bicyclic) bond motifs is 3. The molecule has 0 saturated heterocycles. The van der Waals surface area contributed by atoms with Crippen LogP contribution in [0.4, 0.5) is 0 Å². The van der Waals surface area contributed by atoms with Crippen LogP contribution < -0.4 is 4.40 Å². The second-order valence-electron chi connectivity index (χ2n) is 12.9. The van der Waals surface area contributed by atoms with E-state index in [0.29, 0.717) is 5.92 Å². The summed E-state index contributed by atoms with van der Waals surface area (Å²) in [5.41, 5.74) is 9.61. The number of aromatic nitrogens is 2. The quantitative estimate of drug-likeness (QED) is 0.124. The Bertz CT molecular complexity index is 2030. The van der Waals surface area contributed by atoms with Crippen molar-refractivity contribution in [2.24, 2.45) is 5.92 Å². The van der Waals surface area contributed by atoms with Gasteiger partial charge in [0.25, 0.3) is 0 Å². The third-order valence-corrected chi connectivity index (χ3v) is 12.2. The van der Waals surface area contributed by atoms with E-state index in [0.717, 1.165) is 56.4 Å². The van der Waals surface area contributed by atoms with E-state index in [1.165, 1.54) is 11.1 Å². The van der Waals surface area contributed by atoms with Crippen LogP contribution in [0, 0.1) is 18.1 Å². The summed E-state index contributed by atoms with van der Waals surface area (Å²) in [4.78, 5) is 9.11. The number of hydrogen-bond donors (Lipinski definition) is 0. The molecule has 3 heterocycles. The number of pyridine rings is 2. The van der Waals surface area contributed by atoms with Crippen molar-refractivity contribution in [1.29, 1.82) is 0 Å². The average Bonchev–Trinajstić information content (AvgIpc) is 3.43. The molecule has 7 rings (SSSR count). The van der Waals surface area contributed by atoms with Crippen LogP contribution in [-0.4, -0.2) is 23.2 Å². The minimum absolute atomic E-state index is 0. The molecule has 0 amide bonds. The Morgan fingerprint density at radius 3 is 2.17 bits per heavy atom. The molecule has 0 saturated carbocycles. The van der Waals surface area contributed by atoms with Crippen LogP contribution in [0.25, 0.3) is 55.6 Å². The molecule has 0 unspecified atom stereocenters. The van der Waals surface area contributed by atoms with E-state index in [1.807, 2.05) is 60.7 Å². The molecule has 0 N–H and O–H groups in total. The van der Waals surface area contributed by atoms with Crippen molar-refractivity contribution in [2.75, 3.05) is 0 Å². The van der Waals surface area contributed by atoms with Crippen LogP contribution in [0.15, 0.2) is 126 Å². The van der Waals surface area contributed by atoms with Gasteiger partial charge < -0.3 is 9.40 Å². The van der Waals surface area contributed by atoms with Gasteiger partial charge in [-0.1, -0.05) is 60.0 Å². The second-order valence-corrected chi connectivity index (χ2v) is 23.4. The predicted molar refractivity (Wildman–Crippen MR) is 191 cm³/mol. The summed E-state index contributed by atoms with van der Waals surface area (Å²) in [7, 11) is 0. The molecule has 0 aliphatic heterocycles. The fourth-order valence-electron chi connectivity index (χ4n) is 5.68. The molecular weight excluding hydrogens is 801 g/mol. The van der Waals surface area contributed by atoms with Gasteiger partial charge in [-0.3, -0.25) is 0 Å². The molecule has 1 radical (unpaired) electrons. The zero-order chi connectivity index (χ0) is 31.4. The van der Waals surface area contributed by atoms with E-state index in [1.54, 1.807) is 10.6 Å². The molecule has 7 aromatic rings. The first-order chi connectivity index (χ1) is 21.8. The van der Waals surface area contributed by atoms with E-state index in [2.05, 4.69) is 103 Å². The first-order valence-corrected chi connectivity index (χ1v) is 22.9. The van der Waals surface area contributed by atoms with E-state index in [-0.39, 0.29) is 20.1 Å². The van der Waals surface area contributed by atoms with E-state index in [4.69, 9.17) is 9.40 Å². The maximum atomic E-state index is 6.05. The fraction of sp³-hybridized carbons (Fsp3) is 0.171. The maximum absolute atomic E-state index is 6.05. The molecule has 4 aromatic carbocycles. The minimum Gasteiger partial charge on any atom is -0.500 e. The Morgan fingerprint density at radius 1 is 0.696 bits per heavy atom. The average molecular weight is 840 g/mol. The number of hydrogen-bond acceptors (Lipinski definition) is 3. The summed E-state index contributed by atoms with van der Waals surface area (Å²) >= 11 is -1.86. The van der Waals surface area contributed by atoms with Gasteiger partial charge in [0.2, 0.25) is 0 Å². The normalized spacial score (nSPS) is 11.3. The smallest absolute Gasteiger partial charge is 0.121 e. The van der Waals surface area contributed by atoms with Gasteiger partial charge in [-0.15, -0.1) is 23.8 Å². The SMILES string of the molecule is CC(C)Cc1cc(-c2[c-]cccc2)nc[c]1[Ge]([CH3])([CH3])[CH3].[Ir].[c-]1cc2oc3cc(-c4ccccc4)ccc3c2cc1-c1ccccn1. The van der Waals surface area contributed by atoms with Crippen LogP contribution >= 0.6 is 0 Å². The molecular formula is C41H38GeIrN2O-2. The molecule has 46 heavy (non-hydrogen) atoms. The summed E-state index contributed by atoms with van der Waals surface area (Å²) in [6.07, 6.45) is 5.07. The summed E-state index contributed by atoms with van der Waals surface area (Å²) in [5.74, 6) is 7.99. The van der Waals surface area contributed by atoms with Crippen molar-refractivity contribution in [3.8, 4) is 33.6 Å². The molecule has 0 spiro atoms. The molecule has 0 bridgehead atoms. The van der Waals surface area contributed by atoms with Gasteiger partial charge in [-0.2, -0.15) is 0 Å². The number of furan rings is 1. The zero-order valence-corrected chi connectivity index (χ0v) is 31.5. The third-order valence-electron chi connectivity index (χ3n) is 7.86. The molecule has 3 aromatic heterocycles. The molecule has 0 fully saturated rings. The van der Waals surface area contributed by atoms with Crippen molar-refractivity contribution in [3.63, 3.8) is 0 Å². The largest absolute Gasteiger partial charge is 0.500 e. The topological polar surface area (TPSA) is 38.9 Å². The maximum Gasteiger partial charge on any atom is 0.121 e. The van der Waals surface area contributed by atoms with Crippen molar-refractivity contribution < 1.29 is 24.5 Å². The van der Waals surface area contributed by atoms with Gasteiger partial charge in [-0.05, 0) is 29.0 Å². The van der Waals surface area contributed by atoms with Crippen molar-refractivity contribution in [3.05, 3.63) is 139 Å². The molecule has 0 aliphatic rings. The summed E-state index contributed by atoms with van der Waals surface area (Å²) in [5, 5.41) is 2.20. The van der Waals surface area contributed by atoms with Crippen LogP contribution in [-0.2, 0) is 26.5 Å². The van der Waals surface area contributed by atoms with Crippen molar-refractivity contribution >= 4 is 39.6 Å². The molecule has 233 valence electrons. The van der Waals surface area contributed by atoms with E-state index < -0.39 is 13.3 Å². The minimum atomic E-state index is -1.86. The Morgan fingerprint density at radius 2 is 1.48 bits per heavy atom. The fourth-order valence-corrected chi connectivity index (χ4v) is 9.02. The standard InChI is InChI=1S/C23H14NO.C18H24GeN.Ir/c1-2-6-16(7-3-1)17-9-11-19-20-14-18(21-8-4-5-13-24-21)10-12-22(20)25-23(19)15-17;1-14(2)11-16-12-18(15-9-7-6-8-10-15)20-13-17(16)19(3,4)5;/h1-9,11-15H;6-9,12-14H,11H2,1-5H3;/q2*-1;. The monoisotopic (exact) mass is 841 g/mol. The molecule has 3 nitrogen and oxygen atoms in total. The number of rotatable bonds is 6. The predicted octanol–water partition coefficient (Wildman–Crippen LogP) is 10.4. The Hall–Kier alpha value is -3.83. The summed E-state index contributed by atoms with van der Waals surface area (Å²) in [6, 6.07) is 43.5. The van der Waals surface area contributed by atoms with Gasteiger partial charge in [0.15, 0.2) is 0 Å². The third kappa shape index (κ3) is 7.75. The van der Waals surface area contributed by atoms with E-state index in [9.17, 15) is 0 Å². The van der Waals surface area contributed by atoms with E-state index >= 15 is 0 Å². The van der Waals surface area contributed by atoms with Gasteiger partial charge in [0.1, 0.15) is 5.58 Å². The van der Waals surface area contributed by atoms with Crippen LogP contribution in [0.3, 0.4) is 0 Å². The molecule has 0 atom stereocenters. The summed E-state index contributed by atoms with van der Waals surface area (Å²) < 4.78 is 7.59. The Kier molecular flexibility index (Phi) is 10.7. The van der Waals surface area contributed by atoms with Gasteiger partial charge in [0, 0.05) is 31.7 Å². The van der Waals surface area contributed by atoms with Crippen LogP contribution in [0.1, 0.15) is 19.4 Å². The Labute approximate surface area is 288 Å². The Balaban J connectivity index is 0.000000182.